The van der Waals surface area contributed by atoms with Gasteiger partial charge in [0.25, 0.3) is 5.91 Å². The number of aryl methyl sites for hydroxylation is 2. The number of rotatable bonds is 3. The van der Waals surface area contributed by atoms with Gasteiger partial charge in [0.15, 0.2) is 6.10 Å². The number of hydrogen-bond donors (Lipinski definition) is 2. The molecule has 1 aromatic carbocycles. The van der Waals surface area contributed by atoms with Crippen molar-refractivity contribution in [2.45, 2.75) is 26.9 Å². The molecule has 0 aliphatic heterocycles. The number of nitrogens with two attached hydrogens (primary N) is 1. The Bertz CT molecular complexity index is 721. The fourth-order valence-electron chi connectivity index (χ4n) is 1.93. The van der Waals surface area contributed by atoms with Gasteiger partial charge in [-0.3, -0.25) is 10.2 Å². The molecule has 0 saturated heterocycles. The van der Waals surface area contributed by atoms with Crippen LogP contribution in [0.15, 0.2) is 27.4 Å². The molecule has 0 bridgehead atoms. The van der Waals surface area contributed by atoms with Crippen LogP contribution in [0, 0.1) is 13.8 Å². The predicted molar refractivity (Wildman–Crippen MR) is 74.4 cm³/mol. The van der Waals surface area contributed by atoms with Gasteiger partial charge >= 0.3 is 5.63 Å². The summed E-state index contributed by atoms with van der Waals surface area (Å²) in [5.41, 5.74) is 3.70. The van der Waals surface area contributed by atoms with E-state index in [1.165, 1.54) is 6.07 Å². The van der Waals surface area contributed by atoms with Crippen LogP contribution in [0.3, 0.4) is 0 Å². The van der Waals surface area contributed by atoms with E-state index in [2.05, 4.69) is 0 Å². The van der Waals surface area contributed by atoms with Crippen LogP contribution in [-0.2, 0) is 4.79 Å². The molecule has 6 nitrogen and oxygen atoms in total. The molecule has 1 amide bonds. The lowest BCUT2D eigenvalue weighted by Gasteiger charge is -2.15. The summed E-state index contributed by atoms with van der Waals surface area (Å²) in [6, 6.07) is 4.88. The summed E-state index contributed by atoms with van der Waals surface area (Å²) in [5.74, 6) is 5.20. The first-order chi connectivity index (χ1) is 9.42. The predicted octanol–water partition coefficient (Wildman–Crippen LogP) is 1.17. The Morgan fingerprint density at radius 2 is 2.00 bits per heavy atom. The Labute approximate surface area is 115 Å². The molecule has 0 aliphatic rings. The molecule has 1 unspecified atom stereocenters. The lowest BCUT2D eigenvalue weighted by molar-refractivity contribution is -0.127. The Morgan fingerprint density at radius 1 is 1.30 bits per heavy atom. The molecule has 106 valence electrons. The Morgan fingerprint density at radius 3 is 2.65 bits per heavy atom. The maximum absolute atomic E-state index is 11.4. The van der Waals surface area contributed by atoms with E-state index in [0.717, 1.165) is 16.5 Å². The topological polar surface area (TPSA) is 94.6 Å². The van der Waals surface area contributed by atoms with E-state index in [4.69, 9.17) is 15.0 Å². The molecule has 20 heavy (non-hydrogen) atoms. The molecule has 0 aliphatic carbocycles. The number of ether oxygens (including phenoxy) is 1. The second-order valence-electron chi connectivity index (χ2n) is 4.63. The van der Waals surface area contributed by atoms with Crippen LogP contribution >= 0.6 is 0 Å². The van der Waals surface area contributed by atoms with Crippen molar-refractivity contribution < 1.29 is 13.9 Å². The van der Waals surface area contributed by atoms with Crippen LogP contribution in [0.1, 0.15) is 18.1 Å². The third-order valence-electron chi connectivity index (χ3n) is 3.06. The number of benzene rings is 1. The molecule has 0 fully saturated rings. The first kappa shape index (κ1) is 14.1. The van der Waals surface area contributed by atoms with Gasteiger partial charge < -0.3 is 9.15 Å². The minimum Gasteiger partial charge on any atom is -0.481 e. The quantitative estimate of drug-likeness (QED) is 0.380. The molecule has 1 heterocycles. The van der Waals surface area contributed by atoms with E-state index in [1.807, 2.05) is 19.3 Å². The average molecular weight is 276 g/mol. The van der Waals surface area contributed by atoms with Crippen molar-refractivity contribution in [3.8, 4) is 5.75 Å². The van der Waals surface area contributed by atoms with Crippen molar-refractivity contribution in [1.82, 2.24) is 5.43 Å². The molecule has 6 heteroatoms. The van der Waals surface area contributed by atoms with Gasteiger partial charge in [-0.15, -0.1) is 0 Å². The lowest BCUT2D eigenvalue weighted by Crippen LogP contribution is -2.40. The maximum Gasteiger partial charge on any atom is 0.336 e. The second-order valence-corrected chi connectivity index (χ2v) is 4.63. The van der Waals surface area contributed by atoms with Crippen LogP contribution in [0.25, 0.3) is 11.0 Å². The van der Waals surface area contributed by atoms with Gasteiger partial charge in [0.05, 0.1) is 0 Å². The number of carbonyl (C=O) groups is 1. The molecule has 0 spiro atoms. The Kier molecular flexibility index (Phi) is 3.76. The van der Waals surface area contributed by atoms with E-state index in [9.17, 15) is 9.59 Å². The number of nitrogens with one attached hydrogen (secondary N) is 1. The van der Waals surface area contributed by atoms with Gasteiger partial charge in [-0.1, -0.05) is 0 Å². The lowest BCUT2D eigenvalue weighted by atomic mass is 10.1. The summed E-state index contributed by atoms with van der Waals surface area (Å²) >= 11 is 0. The van der Waals surface area contributed by atoms with Crippen molar-refractivity contribution in [3.05, 3.63) is 39.7 Å². The molecular weight excluding hydrogens is 260 g/mol. The first-order valence-electron chi connectivity index (χ1n) is 6.14. The highest BCUT2D eigenvalue weighted by molar-refractivity contribution is 5.83. The van der Waals surface area contributed by atoms with Crippen molar-refractivity contribution in [2.24, 2.45) is 5.84 Å². The van der Waals surface area contributed by atoms with Gasteiger partial charge in [0, 0.05) is 11.5 Å². The maximum atomic E-state index is 11.4. The van der Waals surface area contributed by atoms with Crippen LogP contribution in [0.2, 0.25) is 0 Å². The first-order valence-corrected chi connectivity index (χ1v) is 6.14. The zero-order chi connectivity index (χ0) is 14.9. The minimum atomic E-state index is -0.716. The molecule has 2 aromatic rings. The number of hydrogen-bond acceptors (Lipinski definition) is 5. The van der Waals surface area contributed by atoms with Crippen molar-refractivity contribution >= 4 is 16.9 Å². The summed E-state index contributed by atoms with van der Waals surface area (Å²) in [5, 5.41) is 0.769. The van der Waals surface area contributed by atoms with Gasteiger partial charge in [0.1, 0.15) is 11.3 Å². The highest BCUT2D eigenvalue weighted by atomic mass is 16.5. The monoisotopic (exact) mass is 276 g/mol. The number of carbonyl (C=O) groups excluding carboxylic acids is 1. The van der Waals surface area contributed by atoms with E-state index in [1.54, 1.807) is 19.1 Å². The highest BCUT2D eigenvalue weighted by Crippen LogP contribution is 2.27. The summed E-state index contributed by atoms with van der Waals surface area (Å²) in [6.45, 7) is 5.22. The average Bonchev–Trinajstić information content (AvgIpc) is 2.39. The zero-order valence-corrected chi connectivity index (χ0v) is 11.5. The zero-order valence-electron chi connectivity index (χ0n) is 11.5. The summed E-state index contributed by atoms with van der Waals surface area (Å²) in [6.07, 6.45) is -0.716. The van der Waals surface area contributed by atoms with E-state index in [-0.39, 0.29) is 5.63 Å². The number of hydrazine groups is 1. The molecule has 2 rings (SSSR count). The fourth-order valence-corrected chi connectivity index (χ4v) is 1.93. The third-order valence-corrected chi connectivity index (χ3v) is 3.06. The molecule has 0 saturated carbocycles. The second kappa shape index (κ2) is 5.34. The number of fused-ring (bicyclic) bond motifs is 1. The van der Waals surface area contributed by atoms with Crippen molar-refractivity contribution in [3.63, 3.8) is 0 Å². The normalized spacial score (nSPS) is 12.2. The largest absolute Gasteiger partial charge is 0.481 e. The molecule has 3 N–H and O–H groups in total. The standard InChI is InChI=1S/C14H16N2O4/c1-7-5-13(17)20-12-4-8(2)11(6-10(7)12)19-9(3)14(18)16-15/h4-6,9H,15H2,1-3H3,(H,16,18). The number of amides is 1. The van der Waals surface area contributed by atoms with Crippen LogP contribution in [0.4, 0.5) is 0 Å². The smallest absolute Gasteiger partial charge is 0.336 e. The summed E-state index contributed by atoms with van der Waals surface area (Å²) < 4.78 is 10.7. The Balaban J connectivity index is 2.47. The van der Waals surface area contributed by atoms with Crippen molar-refractivity contribution in [2.75, 3.05) is 0 Å². The van der Waals surface area contributed by atoms with Gasteiger partial charge in [-0.05, 0) is 44.0 Å². The third kappa shape index (κ3) is 2.65. The SMILES string of the molecule is Cc1cc2oc(=O)cc(C)c2cc1OC(C)C(=O)NN. The fraction of sp³-hybridized carbons (Fsp3) is 0.286. The molecule has 1 atom stereocenters. The molecule has 0 radical (unpaired) electrons. The summed E-state index contributed by atoms with van der Waals surface area (Å²) in [4.78, 5) is 22.7. The van der Waals surface area contributed by atoms with Crippen molar-refractivity contribution in [1.29, 1.82) is 0 Å². The molecule has 1 aromatic heterocycles. The molecular formula is C14H16N2O4. The van der Waals surface area contributed by atoms with Crippen LogP contribution in [-0.4, -0.2) is 12.0 Å². The van der Waals surface area contributed by atoms with Crippen LogP contribution in [0.5, 0.6) is 5.75 Å². The van der Waals surface area contributed by atoms with Crippen LogP contribution < -0.4 is 21.6 Å². The van der Waals surface area contributed by atoms with Gasteiger partial charge in [-0.2, -0.15) is 0 Å². The van der Waals surface area contributed by atoms with Gasteiger partial charge in [0.2, 0.25) is 0 Å². The minimum absolute atomic E-state index is 0.390. The highest BCUT2D eigenvalue weighted by Gasteiger charge is 2.15. The van der Waals surface area contributed by atoms with E-state index >= 15 is 0 Å². The van der Waals surface area contributed by atoms with E-state index in [0.29, 0.717) is 11.3 Å². The van der Waals surface area contributed by atoms with E-state index < -0.39 is 12.0 Å². The summed E-state index contributed by atoms with van der Waals surface area (Å²) in [7, 11) is 0. The Hall–Kier alpha value is -2.34. The van der Waals surface area contributed by atoms with Gasteiger partial charge in [-0.25, -0.2) is 10.6 Å².